The largest absolute Gasteiger partial charge is 0.268 e. The van der Waals surface area contributed by atoms with Crippen LogP contribution in [0.15, 0.2) is 64.3 Å². The van der Waals surface area contributed by atoms with Gasteiger partial charge in [0.1, 0.15) is 0 Å². The summed E-state index contributed by atoms with van der Waals surface area (Å²) in [4.78, 5) is 12.2. The molecule has 0 amide bonds. The Morgan fingerprint density at radius 2 is 1.75 bits per heavy atom. The molecule has 0 aliphatic rings. The van der Waals surface area contributed by atoms with Crippen LogP contribution in [0.1, 0.15) is 5.56 Å². The molecule has 0 fully saturated rings. The maximum absolute atomic E-state index is 12.5. The van der Waals surface area contributed by atoms with Crippen LogP contribution in [-0.4, -0.2) is 24.7 Å². The molecule has 0 unspecified atom stereocenters. The van der Waals surface area contributed by atoms with E-state index in [0.717, 1.165) is 5.56 Å². The Kier molecular flexibility index (Phi) is 6.20. The number of sulfonamides is 1. The first-order valence-corrected chi connectivity index (χ1v) is 10.6. The third-order valence-electron chi connectivity index (χ3n) is 4.13. The number of nitrogens with zero attached hydrogens (tertiary/aromatic N) is 2. The lowest BCUT2D eigenvalue weighted by Gasteiger charge is -2.11. The van der Waals surface area contributed by atoms with Crippen molar-refractivity contribution in [2.45, 2.75) is 18.4 Å². The fourth-order valence-electron chi connectivity index (χ4n) is 2.63. The molecule has 0 saturated heterocycles. The van der Waals surface area contributed by atoms with Crippen molar-refractivity contribution in [3.63, 3.8) is 0 Å². The van der Waals surface area contributed by atoms with Gasteiger partial charge in [0.15, 0.2) is 0 Å². The van der Waals surface area contributed by atoms with Crippen molar-refractivity contribution in [2.24, 2.45) is 0 Å². The molecular formula is C19H17Cl2N3O3S. The van der Waals surface area contributed by atoms with E-state index in [4.69, 9.17) is 23.2 Å². The molecule has 28 heavy (non-hydrogen) atoms. The van der Waals surface area contributed by atoms with Crippen LogP contribution in [0, 0.1) is 6.92 Å². The van der Waals surface area contributed by atoms with Crippen LogP contribution >= 0.6 is 23.2 Å². The minimum Gasteiger partial charge on any atom is -0.268 e. The first-order valence-electron chi connectivity index (χ1n) is 8.37. The fourth-order valence-corrected chi connectivity index (χ4v) is 4.27. The van der Waals surface area contributed by atoms with Gasteiger partial charge in [-0.2, -0.15) is 5.10 Å². The molecule has 0 radical (unpaired) electrons. The Hall–Kier alpha value is -2.19. The van der Waals surface area contributed by atoms with Gasteiger partial charge in [-0.15, -0.1) is 0 Å². The van der Waals surface area contributed by atoms with E-state index >= 15 is 0 Å². The summed E-state index contributed by atoms with van der Waals surface area (Å²) in [6.07, 6.45) is 0. The zero-order valence-electron chi connectivity index (χ0n) is 14.9. The van der Waals surface area contributed by atoms with E-state index in [1.54, 1.807) is 49.4 Å². The first-order chi connectivity index (χ1) is 13.3. The maximum Gasteiger partial charge on any atom is 0.266 e. The van der Waals surface area contributed by atoms with Crippen LogP contribution in [-0.2, 0) is 16.6 Å². The minimum absolute atomic E-state index is 0.00522. The van der Waals surface area contributed by atoms with Crippen LogP contribution < -0.4 is 10.3 Å². The second-order valence-corrected chi connectivity index (χ2v) is 8.63. The van der Waals surface area contributed by atoms with Crippen molar-refractivity contribution in [1.82, 2.24) is 14.5 Å². The molecule has 3 aromatic rings. The summed E-state index contributed by atoms with van der Waals surface area (Å²) in [5.74, 6) is 0. The van der Waals surface area contributed by atoms with Crippen molar-refractivity contribution in [3.8, 4) is 11.3 Å². The molecule has 1 aromatic heterocycles. The van der Waals surface area contributed by atoms with E-state index in [-0.39, 0.29) is 23.5 Å². The molecule has 0 spiro atoms. The topological polar surface area (TPSA) is 81.1 Å². The highest BCUT2D eigenvalue weighted by Gasteiger charge is 2.17. The summed E-state index contributed by atoms with van der Waals surface area (Å²) in [7, 11) is -3.76. The van der Waals surface area contributed by atoms with Crippen LogP contribution in [0.25, 0.3) is 11.3 Å². The van der Waals surface area contributed by atoms with Crippen molar-refractivity contribution in [2.75, 3.05) is 6.54 Å². The van der Waals surface area contributed by atoms with Gasteiger partial charge in [-0.05, 0) is 42.8 Å². The van der Waals surface area contributed by atoms with E-state index in [1.165, 1.54) is 16.8 Å². The minimum atomic E-state index is -3.76. The predicted octanol–water partition coefficient (Wildman–Crippen LogP) is 3.50. The third kappa shape index (κ3) is 4.62. The highest BCUT2D eigenvalue weighted by atomic mass is 35.5. The van der Waals surface area contributed by atoms with E-state index in [2.05, 4.69) is 9.82 Å². The highest BCUT2D eigenvalue weighted by molar-refractivity contribution is 7.89. The number of rotatable bonds is 6. The Labute approximate surface area is 172 Å². The summed E-state index contributed by atoms with van der Waals surface area (Å²) in [6.45, 7) is 1.73. The Morgan fingerprint density at radius 3 is 2.46 bits per heavy atom. The molecule has 0 bridgehead atoms. The van der Waals surface area contributed by atoms with E-state index in [0.29, 0.717) is 21.3 Å². The fraction of sp³-hybridized carbons (Fsp3) is 0.158. The van der Waals surface area contributed by atoms with Crippen molar-refractivity contribution in [3.05, 3.63) is 80.6 Å². The standard InChI is InChI=1S/C19H17Cl2N3O3S/c1-13-16(21)3-2-4-18(13)28(26,27)22-11-12-24-19(25)10-9-17(23-24)14-5-7-15(20)8-6-14/h2-10,22H,11-12H2,1H3. The molecule has 0 aliphatic heterocycles. The Bertz CT molecular complexity index is 1160. The molecule has 6 nitrogen and oxygen atoms in total. The lowest BCUT2D eigenvalue weighted by molar-refractivity contribution is 0.548. The number of benzene rings is 2. The Balaban J connectivity index is 1.76. The molecule has 0 aliphatic carbocycles. The second kappa shape index (κ2) is 8.45. The average molecular weight is 438 g/mol. The monoisotopic (exact) mass is 437 g/mol. The zero-order valence-corrected chi connectivity index (χ0v) is 17.2. The van der Waals surface area contributed by atoms with Gasteiger partial charge in [0.05, 0.1) is 17.1 Å². The number of nitrogens with one attached hydrogen (secondary N) is 1. The molecule has 0 saturated carbocycles. The van der Waals surface area contributed by atoms with Gasteiger partial charge in [-0.25, -0.2) is 17.8 Å². The lowest BCUT2D eigenvalue weighted by Crippen LogP contribution is -2.32. The molecule has 1 heterocycles. The third-order valence-corrected chi connectivity index (χ3v) is 6.40. The number of hydrogen-bond acceptors (Lipinski definition) is 4. The van der Waals surface area contributed by atoms with Gasteiger partial charge in [-0.1, -0.05) is 41.4 Å². The predicted molar refractivity (Wildman–Crippen MR) is 110 cm³/mol. The van der Waals surface area contributed by atoms with E-state index in [9.17, 15) is 13.2 Å². The van der Waals surface area contributed by atoms with E-state index in [1.807, 2.05) is 0 Å². The summed E-state index contributed by atoms with van der Waals surface area (Å²) in [6, 6.07) is 14.7. The van der Waals surface area contributed by atoms with Gasteiger partial charge in [0.2, 0.25) is 10.0 Å². The molecule has 9 heteroatoms. The zero-order chi connectivity index (χ0) is 20.3. The van der Waals surface area contributed by atoms with Crippen LogP contribution in [0.4, 0.5) is 0 Å². The molecule has 3 rings (SSSR count). The maximum atomic E-state index is 12.5. The van der Waals surface area contributed by atoms with Gasteiger partial charge >= 0.3 is 0 Å². The van der Waals surface area contributed by atoms with Crippen molar-refractivity contribution < 1.29 is 8.42 Å². The van der Waals surface area contributed by atoms with Crippen LogP contribution in [0.3, 0.4) is 0 Å². The number of halogens is 2. The molecule has 1 N–H and O–H groups in total. The van der Waals surface area contributed by atoms with Crippen LogP contribution in [0.5, 0.6) is 0 Å². The smallest absolute Gasteiger partial charge is 0.266 e. The van der Waals surface area contributed by atoms with Gasteiger partial charge in [-0.3, -0.25) is 4.79 Å². The summed E-state index contributed by atoms with van der Waals surface area (Å²) >= 11 is 11.9. The molecule has 146 valence electrons. The lowest BCUT2D eigenvalue weighted by atomic mass is 10.1. The van der Waals surface area contributed by atoms with E-state index < -0.39 is 10.0 Å². The second-order valence-electron chi connectivity index (χ2n) is 6.05. The van der Waals surface area contributed by atoms with Gasteiger partial charge in [0, 0.05) is 28.2 Å². The van der Waals surface area contributed by atoms with Crippen LogP contribution in [0.2, 0.25) is 10.0 Å². The first kappa shape index (κ1) is 20.5. The molecule has 2 aromatic carbocycles. The average Bonchev–Trinajstić information content (AvgIpc) is 2.66. The molecular weight excluding hydrogens is 421 g/mol. The van der Waals surface area contributed by atoms with Gasteiger partial charge < -0.3 is 0 Å². The number of hydrogen-bond donors (Lipinski definition) is 1. The highest BCUT2D eigenvalue weighted by Crippen LogP contribution is 2.22. The summed E-state index contributed by atoms with van der Waals surface area (Å²) in [5, 5.41) is 5.27. The van der Waals surface area contributed by atoms with Gasteiger partial charge in [0.25, 0.3) is 5.56 Å². The summed E-state index contributed by atoms with van der Waals surface area (Å²) < 4.78 is 28.7. The Morgan fingerprint density at radius 1 is 1.04 bits per heavy atom. The normalized spacial score (nSPS) is 11.5. The SMILES string of the molecule is Cc1c(Cl)cccc1S(=O)(=O)NCCn1nc(-c2ccc(Cl)cc2)ccc1=O. The summed E-state index contributed by atoms with van der Waals surface area (Å²) in [5.41, 5.74) is 1.53. The molecule has 0 atom stereocenters. The van der Waals surface area contributed by atoms with Crippen molar-refractivity contribution >= 4 is 33.2 Å². The van der Waals surface area contributed by atoms with Crippen molar-refractivity contribution in [1.29, 1.82) is 0 Å². The quantitative estimate of drug-likeness (QED) is 0.639. The number of aromatic nitrogens is 2.